The van der Waals surface area contributed by atoms with Gasteiger partial charge in [-0.2, -0.15) is 5.10 Å². The molecule has 6 nitrogen and oxygen atoms in total. The fourth-order valence-electron chi connectivity index (χ4n) is 4.46. The molecule has 0 saturated carbocycles. The third-order valence-corrected chi connectivity index (χ3v) is 7.17. The number of aliphatic hydroxyl groups is 2. The van der Waals surface area contributed by atoms with Gasteiger partial charge in [0, 0.05) is 41.9 Å². The van der Waals surface area contributed by atoms with Gasteiger partial charge < -0.3 is 15.5 Å². The molecule has 0 aliphatic carbocycles. The van der Waals surface area contributed by atoms with Gasteiger partial charge in [0.2, 0.25) is 5.12 Å². The topological polar surface area (TPSA) is 81.0 Å². The number of nitrogens with one attached hydrogen (secondary N) is 1. The van der Waals surface area contributed by atoms with Gasteiger partial charge >= 0.3 is 0 Å². The van der Waals surface area contributed by atoms with Gasteiger partial charge in [0.1, 0.15) is 6.17 Å². The van der Waals surface area contributed by atoms with Crippen molar-refractivity contribution in [3.05, 3.63) is 66.0 Å². The van der Waals surface area contributed by atoms with Crippen molar-refractivity contribution in [2.75, 3.05) is 5.75 Å². The summed E-state index contributed by atoms with van der Waals surface area (Å²) in [6.45, 7) is 2.15. The van der Waals surface area contributed by atoms with Crippen molar-refractivity contribution < 1.29 is 10.2 Å². The minimum atomic E-state index is -1.66. The van der Waals surface area contributed by atoms with Crippen molar-refractivity contribution >= 4 is 18.0 Å². The summed E-state index contributed by atoms with van der Waals surface area (Å²) in [4.78, 5) is 4.71. The Morgan fingerprint density at radius 2 is 2.00 bits per heavy atom. The second kappa shape index (κ2) is 7.72. The van der Waals surface area contributed by atoms with E-state index < -0.39 is 5.12 Å². The van der Waals surface area contributed by atoms with Crippen LogP contribution in [0.25, 0.3) is 11.3 Å². The van der Waals surface area contributed by atoms with E-state index in [9.17, 15) is 10.2 Å². The number of pyridine rings is 1. The van der Waals surface area contributed by atoms with Crippen LogP contribution in [0.1, 0.15) is 31.4 Å². The Morgan fingerprint density at radius 1 is 1.17 bits per heavy atom. The van der Waals surface area contributed by atoms with E-state index in [0.29, 0.717) is 6.42 Å². The lowest BCUT2D eigenvalue weighted by Gasteiger charge is -2.42. The number of thioether (sulfide) groups is 1. The molecule has 1 aromatic carbocycles. The molecule has 1 fully saturated rings. The molecule has 3 N–H and O–H groups in total. The van der Waals surface area contributed by atoms with E-state index >= 15 is 0 Å². The van der Waals surface area contributed by atoms with Crippen molar-refractivity contribution in [2.45, 2.75) is 37.1 Å². The molecule has 1 saturated heterocycles. The molecule has 0 spiro atoms. The lowest BCUT2D eigenvalue weighted by atomic mass is 9.91. The number of nitrogens with zero attached hydrogens (tertiary/aromatic N) is 3. The van der Waals surface area contributed by atoms with Crippen LogP contribution in [0.2, 0.25) is 0 Å². The number of hydrogen-bond donors (Lipinski definition) is 3. The molecular formula is C23H26N4O2S. The summed E-state index contributed by atoms with van der Waals surface area (Å²) in [5.41, 5.74) is 4.20. The number of fused-ring (bicyclic) bond motifs is 1. The van der Waals surface area contributed by atoms with E-state index in [2.05, 4.69) is 52.7 Å². The van der Waals surface area contributed by atoms with E-state index in [-0.39, 0.29) is 24.0 Å². The summed E-state index contributed by atoms with van der Waals surface area (Å²) >= 11 is 1.22. The molecule has 30 heavy (non-hydrogen) atoms. The smallest absolute Gasteiger partial charge is 0.213 e. The maximum Gasteiger partial charge on any atom is 0.213 e. The molecule has 4 atom stereocenters. The standard InChI is InChI=1S/C23H26N4O2S/c1-15-13-25-27-21(18-7-8-19(24-14-18)16-5-3-2-4-6-16)11-20(26-22(15)27)17-9-10-30-23(28,29)12-17/h2-8,11,13-15,17,21-22,26,28-29H,9-10,12H2,1H3. The summed E-state index contributed by atoms with van der Waals surface area (Å²) in [5.74, 6) is 1.09. The van der Waals surface area contributed by atoms with Crippen LogP contribution in [0.15, 0.2) is 65.5 Å². The van der Waals surface area contributed by atoms with E-state index in [4.69, 9.17) is 4.98 Å². The van der Waals surface area contributed by atoms with Crippen molar-refractivity contribution in [3.8, 4) is 11.3 Å². The number of allylic oxidation sites excluding steroid dienone is 1. The quantitative estimate of drug-likeness (QED) is 0.659. The third kappa shape index (κ3) is 3.73. The summed E-state index contributed by atoms with van der Waals surface area (Å²) in [7, 11) is 0. The van der Waals surface area contributed by atoms with Crippen molar-refractivity contribution in [1.29, 1.82) is 0 Å². The zero-order valence-electron chi connectivity index (χ0n) is 16.8. The molecule has 4 unspecified atom stereocenters. The van der Waals surface area contributed by atoms with Gasteiger partial charge in [-0.05, 0) is 29.9 Å². The lowest BCUT2D eigenvalue weighted by molar-refractivity contribution is -0.0930. The zero-order valence-corrected chi connectivity index (χ0v) is 17.7. The summed E-state index contributed by atoms with van der Waals surface area (Å²) in [6.07, 6.45) is 7.41. The first-order chi connectivity index (χ1) is 14.5. The van der Waals surface area contributed by atoms with Crippen LogP contribution in [-0.2, 0) is 0 Å². The minimum Gasteiger partial charge on any atom is -0.367 e. The largest absolute Gasteiger partial charge is 0.367 e. The molecule has 1 aromatic heterocycles. The highest BCUT2D eigenvalue weighted by molar-refractivity contribution is 8.00. The van der Waals surface area contributed by atoms with E-state index in [1.54, 1.807) is 0 Å². The number of hydrogen-bond acceptors (Lipinski definition) is 7. The number of hydrazone groups is 1. The maximum atomic E-state index is 10.2. The fraction of sp³-hybridized carbons (Fsp3) is 0.391. The Kier molecular flexibility index (Phi) is 5.05. The van der Waals surface area contributed by atoms with Crippen molar-refractivity contribution in [3.63, 3.8) is 0 Å². The van der Waals surface area contributed by atoms with Gasteiger partial charge in [-0.15, -0.1) is 0 Å². The Balaban J connectivity index is 1.46. The van der Waals surface area contributed by atoms with Crippen LogP contribution < -0.4 is 5.32 Å². The van der Waals surface area contributed by atoms with Crippen LogP contribution in [0, 0.1) is 11.8 Å². The zero-order chi connectivity index (χ0) is 20.7. The fourth-order valence-corrected chi connectivity index (χ4v) is 5.51. The highest BCUT2D eigenvalue weighted by Gasteiger charge is 2.41. The van der Waals surface area contributed by atoms with Crippen molar-refractivity contribution in [2.24, 2.45) is 16.9 Å². The second-order valence-corrected chi connectivity index (χ2v) is 9.63. The molecule has 3 aliphatic heterocycles. The van der Waals surface area contributed by atoms with Gasteiger partial charge in [-0.25, -0.2) is 0 Å². The predicted octanol–water partition coefficient (Wildman–Crippen LogP) is 3.32. The van der Waals surface area contributed by atoms with Gasteiger partial charge in [0.25, 0.3) is 0 Å². The Bertz CT molecular complexity index is 961. The minimum absolute atomic E-state index is 0.0360. The first kappa shape index (κ1) is 19.6. The van der Waals surface area contributed by atoms with Crippen LogP contribution >= 0.6 is 11.8 Å². The average molecular weight is 423 g/mol. The van der Waals surface area contributed by atoms with Gasteiger partial charge in [0.15, 0.2) is 0 Å². The van der Waals surface area contributed by atoms with Crippen LogP contribution in [-0.4, -0.2) is 43.5 Å². The molecule has 4 heterocycles. The van der Waals surface area contributed by atoms with Gasteiger partial charge in [-0.3, -0.25) is 9.99 Å². The van der Waals surface area contributed by atoms with Crippen LogP contribution in [0.3, 0.4) is 0 Å². The molecule has 5 rings (SSSR count). The average Bonchev–Trinajstić information content (AvgIpc) is 3.14. The first-order valence-electron chi connectivity index (χ1n) is 10.4. The van der Waals surface area contributed by atoms with E-state index in [0.717, 1.165) is 34.7 Å². The molecule has 3 aliphatic rings. The molecule has 2 aromatic rings. The second-order valence-electron chi connectivity index (χ2n) is 8.28. The van der Waals surface area contributed by atoms with Gasteiger partial charge in [-0.1, -0.05) is 55.1 Å². The lowest BCUT2D eigenvalue weighted by Crippen LogP contribution is -2.50. The third-order valence-electron chi connectivity index (χ3n) is 6.10. The summed E-state index contributed by atoms with van der Waals surface area (Å²) in [5, 5.41) is 29.0. The monoisotopic (exact) mass is 422 g/mol. The molecule has 7 heteroatoms. The maximum absolute atomic E-state index is 10.2. The Labute approximate surface area is 180 Å². The van der Waals surface area contributed by atoms with Crippen LogP contribution in [0.4, 0.5) is 0 Å². The van der Waals surface area contributed by atoms with E-state index in [1.807, 2.05) is 30.6 Å². The van der Waals surface area contributed by atoms with Crippen molar-refractivity contribution in [1.82, 2.24) is 15.3 Å². The number of benzene rings is 1. The molecular weight excluding hydrogens is 396 g/mol. The Morgan fingerprint density at radius 3 is 2.73 bits per heavy atom. The SMILES string of the molecule is CC1C=NN2C(c3ccc(-c4ccccc4)nc3)C=C(C3CCSC(O)(O)C3)NC12. The predicted molar refractivity (Wildman–Crippen MR) is 119 cm³/mol. The molecule has 0 amide bonds. The highest BCUT2D eigenvalue weighted by Crippen LogP contribution is 2.42. The number of aromatic nitrogens is 1. The molecule has 0 bridgehead atoms. The summed E-state index contributed by atoms with van der Waals surface area (Å²) in [6, 6.07) is 14.3. The highest BCUT2D eigenvalue weighted by atomic mass is 32.2. The van der Waals surface area contributed by atoms with Crippen LogP contribution in [0.5, 0.6) is 0 Å². The molecule has 156 valence electrons. The first-order valence-corrected chi connectivity index (χ1v) is 11.4. The number of rotatable bonds is 3. The summed E-state index contributed by atoms with van der Waals surface area (Å²) < 4.78 is 0. The normalized spacial score (nSPS) is 29.8. The Hall–Kier alpha value is -2.35. The van der Waals surface area contributed by atoms with E-state index in [1.165, 1.54) is 11.8 Å². The molecule has 0 radical (unpaired) electrons. The van der Waals surface area contributed by atoms with Gasteiger partial charge in [0.05, 0.1) is 11.7 Å².